The van der Waals surface area contributed by atoms with E-state index in [1.165, 1.54) is 0 Å². The van der Waals surface area contributed by atoms with Crippen molar-refractivity contribution in [3.8, 4) is 0 Å². The van der Waals surface area contributed by atoms with Gasteiger partial charge in [0.25, 0.3) is 5.91 Å². The molecule has 114 valence electrons. The Morgan fingerprint density at radius 1 is 1.23 bits per heavy atom. The van der Waals surface area contributed by atoms with Gasteiger partial charge in [-0.3, -0.25) is 4.79 Å². The van der Waals surface area contributed by atoms with Gasteiger partial charge in [-0.05, 0) is 37.5 Å². The zero-order valence-electron chi connectivity index (χ0n) is 12.6. The maximum Gasteiger partial charge on any atom is 0.272 e. The fourth-order valence-corrected chi connectivity index (χ4v) is 3.00. The van der Waals surface area contributed by atoms with Crippen LogP contribution in [0.4, 0.5) is 0 Å². The monoisotopic (exact) mass is 296 g/mol. The van der Waals surface area contributed by atoms with Crippen LogP contribution in [-0.2, 0) is 6.42 Å². The number of aliphatic hydroxyl groups is 1. The molecule has 4 heteroatoms. The largest absolute Gasteiger partial charge is 0.391 e. The van der Waals surface area contributed by atoms with Crippen LogP contribution in [0.15, 0.2) is 48.5 Å². The van der Waals surface area contributed by atoms with Gasteiger partial charge in [0, 0.05) is 12.2 Å². The second kappa shape index (κ2) is 6.28. The standard InChI is InChI=1S/C18H20N2O2/c1-13-6-5-9-15(19-13)18(22)20-11-10-17(21)16(20)12-14-7-3-2-4-8-14/h2-9,16-17,21H,10-12H2,1H3/t16-,17+/m0/s1. The molecule has 0 bridgehead atoms. The summed E-state index contributed by atoms with van der Waals surface area (Å²) >= 11 is 0. The third kappa shape index (κ3) is 3.02. The summed E-state index contributed by atoms with van der Waals surface area (Å²) in [6, 6.07) is 15.2. The molecule has 22 heavy (non-hydrogen) atoms. The highest BCUT2D eigenvalue weighted by molar-refractivity contribution is 5.92. The smallest absolute Gasteiger partial charge is 0.272 e. The molecule has 1 N–H and O–H groups in total. The molecule has 0 aliphatic carbocycles. The van der Waals surface area contributed by atoms with Crippen molar-refractivity contribution in [2.24, 2.45) is 0 Å². The van der Waals surface area contributed by atoms with E-state index in [2.05, 4.69) is 4.98 Å². The molecule has 0 radical (unpaired) electrons. The number of aromatic nitrogens is 1. The zero-order valence-corrected chi connectivity index (χ0v) is 12.6. The summed E-state index contributed by atoms with van der Waals surface area (Å²) in [5, 5.41) is 10.3. The predicted octanol–water partition coefficient (Wildman–Crippen LogP) is 2.21. The number of pyridine rings is 1. The summed E-state index contributed by atoms with van der Waals surface area (Å²) in [4.78, 5) is 18.8. The lowest BCUT2D eigenvalue weighted by molar-refractivity contribution is 0.0634. The first-order chi connectivity index (χ1) is 10.6. The van der Waals surface area contributed by atoms with Crippen LogP contribution in [0.3, 0.4) is 0 Å². The Kier molecular flexibility index (Phi) is 4.20. The molecule has 2 aromatic rings. The first kappa shape index (κ1) is 14.7. The number of rotatable bonds is 3. The number of hydrogen-bond donors (Lipinski definition) is 1. The van der Waals surface area contributed by atoms with Gasteiger partial charge in [-0.2, -0.15) is 0 Å². The van der Waals surface area contributed by atoms with E-state index in [-0.39, 0.29) is 11.9 Å². The van der Waals surface area contributed by atoms with Crippen LogP contribution >= 0.6 is 0 Å². The fraction of sp³-hybridized carbons (Fsp3) is 0.333. The molecule has 1 aromatic carbocycles. The first-order valence-corrected chi connectivity index (χ1v) is 7.62. The molecule has 2 atom stereocenters. The summed E-state index contributed by atoms with van der Waals surface area (Å²) in [5.41, 5.74) is 2.40. The lowest BCUT2D eigenvalue weighted by atomic mass is 10.0. The van der Waals surface area contributed by atoms with Gasteiger partial charge in [-0.25, -0.2) is 4.98 Å². The van der Waals surface area contributed by atoms with Gasteiger partial charge in [0.15, 0.2) is 0 Å². The Morgan fingerprint density at radius 2 is 2.00 bits per heavy atom. The van der Waals surface area contributed by atoms with Crippen LogP contribution in [0, 0.1) is 6.92 Å². The molecule has 1 aliphatic heterocycles. The van der Waals surface area contributed by atoms with Gasteiger partial charge >= 0.3 is 0 Å². The van der Waals surface area contributed by atoms with Crippen molar-refractivity contribution in [3.05, 3.63) is 65.5 Å². The van der Waals surface area contributed by atoms with E-state index in [9.17, 15) is 9.90 Å². The average molecular weight is 296 g/mol. The van der Waals surface area contributed by atoms with Crippen LogP contribution < -0.4 is 0 Å². The minimum absolute atomic E-state index is 0.0961. The van der Waals surface area contributed by atoms with Gasteiger partial charge in [0.2, 0.25) is 0 Å². The van der Waals surface area contributed by atoms with Crippen molar-refractivity contribution in [1.82, 2.24) is 9.88 Å². The Hall–Kier alpha value is -2.20. The van der Waals surface area contributed by atoms with Gasteiger partial charge in [0.1, 0.15) is 5.69 Å². The molecule has 0 spiro atoms. The second-order valence-corrected chi connectivity index (χ2v) is 5.78. The van der Waals surface area contributed by atoms with Crippen LogP contribution in [0.1, 0.15) is 28.2 Å². The van der Waals surface area contributed by atoms with Gasteiger partial charge in [0.05, 0.1) is 12.1 Å². The highest BCUT2D eigenvalue weighted by Crippen LogP contribution is 2.23. The molecule has 1 aromatic heterocycles. The third-order valence-electron chi connectivity index (χ3n) is 4.17. The molecule has 0 saturated carbocycles. The molecule has 0 unspecified atom stereocenters. The van der Waals surface area contributed by atoms with Crippen LogP contribution in [0.5, 0.6) is 0 Å². The van der Waals surface area contributed by atoms with Gasteiger partial charge < -0.3 is 10.0 Å². The fourth-order valence-electron chi connectivity index (χ4n) is 3.00. The lowest BCUT2D eigenvalue weighted by Crippen LogP contribution is -2.41. The number of hydrogen-bond acceptors (Lipinski definition) is 3. The summed E-state index contributed by atoms with van der Waals surface area (Å²) in [6.45, 7) is 2.45. The number of aliphatic hydroxyl groups excluding tert-OH is 1. The van der Waals surface area contributed by atoms with Crippen LogP contribution in [-0.4, -0.2) is 39.6 Å². The number of carbonyl (C=O) groups is 1. The maximum atomic E-state index is 12.7. The molecule has 1 aliphatic rings. The van der Waals surface area contributed by atoms with Crippen molar-refractivity contribution < 1.29 is 9.90 Å². The number of amides is 1. The van der Waals surface area contributed by atoms with E-state index in [0.717, 1.165) is 11.3 Å². The molecule has 1 saturated heterocycles. The van der Waals surface area contributed by atoms with Gasteiger partial charge in [-0.1, -0.05) is 36.4 Å². The van der Waals surface area contributed by atoms with Crippen molar-refractivity contribution in [3.63, 3.8) is 0 Å². The molecule has 2 heterocycles. The van der Waals surface area contributed by atoms with E-state index in [1.54, 1.807) is 11.0 Å². The summed E-state index contributed by atoms with van der Waals surface area (Å²) in [5.74, 6) is -0.0961. The van der Waals surface area contributed by atoms with Crippen molar-refractivity contribution in [1.29, 1.82) is 0 Å². The Balaban J connectivity index is 1.81. The van der Waals surface area contributed by atoms with Crippen molar-refractivity contribution in [2.45, 2.75) is 31.9 Å². The lowest BCUT2D eigenvalue weighted by Gasteiger charge is -2.26. The quantitative estimate of drug-likeness (QED) is 0.945. The van der Waals surface area contributed by atoms with E-state index < -0.39 is 6.10 Å². The van der Waals surface area contributed by atoms with Crippen LogP contribution in [0.2, 0.25) is 0 Å². The van der Waals surface area contributed by atoms with E-state index in [0.29, 0.717) is 25.1 Å². The molecular weight excluding hydrogens is 276 g/mol. The first-order valence-electron chi connectivity index (χ1n) is 7.62. The summed E-state index contributed by atoms with van der Waals surface area (Å²) in [7, 11) is 0. The summed E-state index contributed by atoms with van der Waals surface area (Å²) in [6.07, 6.45) is 0.809. The Labute approximate surface area is 130 Å². The predicted molar refractivity (Wildman–Crippen MR) is 84.6 cm³/mol. The molecule has 1 fully saturated rings. The Morgan fingerprint density at radius 3 is 2.73 bits per heavy atom. The van der Waals surface area contributed by atoms with E-state index in [4.69, 9.17) is 0 Å². The second-order valence-electron chi connectivity index (χ2n) is 5.78. The number of aryl methyl sites for hydroxylation is 1. The Bertz CT molecular complexity index is 657. The van der Waals surface area contributed by atoms with Crippen molar-refractivity contribution >= 4 is 5.91 Å². The summed E-state index contributed by atoms with van der Waals surface area (Å²) < 4.78 is 0. The number of benzene rings is 1. The normalized spacial score (nSPS) is 21.1. The maximum absolute atomic E-state index is 12.7. The van der Waals surface area contributed by atoms with E-state index >= 15 is 0 Å². The molecule has 4 nitrogen and oxygen atoms in total. The highest BCUT2D eigenvalue weighted by Gasteiger charge is 2.36. The number of likely N-dealkylation sites (tertiary alicyclic amines) is 1. The SMILES string of the molecule is Cc1cccc(C(=O)N2CC[C@@H](O)[C@@H]2Cc2ccccc2)n1. The van der Waals surface area contributed by atoms with Crippen LogP contribution in [0.25, 0.3) is 0 Å². The molecule has 1 amide bonds. The highest BCUT2D eigenvalue weighted by atomic mass is 16.3. The van der Waals surface area contributed by atoms with Crippen molar-refractivity contribution in [2.75, 3.05) is 6.54 Å². The molecule has 3 rings (SSSR count). The molecular formula is C18H20N2O2. The third-order valence-corrected chi connectivity index (χ3v) is 4.17. The zero-order chi connectivity index (χ0) is 15.5. The minimum Gasteiger partial charge on any atom is -0.391 e. The topological polar surface area (TPSA) is 53.4 Å². The van der Waals surface area contributed by atoms with E-state index in [1.807, 2.05) is 49.4 Å². The van der Waals surface area contributed by atoms with Gasteiger partial charge in [-0.15, -0.1) is 0 Å². The number of carbonyl (C=O) groups excluding carboxylic acids is 1. The minimum atomic E-state index is -0.478. The average Bonchev–Trinajstić information content (AvgIpc) is 2.89. The number of nitrogens with zero attached hydrogens (tertiary/aromatic N) is 2.